The maximum absolute atomic E-state index is 12.3. The van der Waals surface area contributed by atoms with Crippen molar-refractivity contribution in [1.82, 2.24) is 15.2 Å². The van der Waals surface area contributed by atoms with Gasteiger partial charge in [0.2, 0.25) is 0 Å². The van der Waals surface area contributed by atoms with Crippen LogP contribution in [0, 0.1) is 0 Å². The van der Waals surface area contributed by atoms with E-state index in [2.05, 4.69) is 29.0 Å². The van der Waals surface area contributed by atoms with Crippen LogP contribution >= 0.6 is 11.6 Å². The summed E-state index contributed by atoms with van der Waals surface area (Å²) in [6, 6.07) is 7.54. The van der Waals surface area contributed by atoms with Gasteiger partial charge in [-0.3, -0.25) is 4.79 Å². The Balaban J connectivity index is 2.11. The number of aromatic nitrogens is 1. The Kier molecular flexibility index (Phi) is 5.53. The van der Waals surface area contributed by atoms with Gasteiger partial charge in [-0.25, -0.2) is 4.98 Å². The van der Waals surface area contributed by atoms with E-state index < -0.39 is 0 Å². The van der Waals surface area contributed by atoms with Crippen molar-refractivity contribution in [3.8, 4) is 0 Å². The molecule has 1 N–H and O–H groups in total. The van der Waals surface area contributed by atoms with Crippen LogP contribution in [0.3, 0.4) is 0 Å². The van der Waals surface area contributed by atoms with Crippen molar-refractivity contribution in [1.29, 1.82) is 0 Å². The molecule has 0 aliphatic carbocycles. The molecule has 0 unspecified atom stereocenters. The van der Waals surface area contributed by atoms with Gasteiger partial charge in [0.1, 0.15) is 5.15 Å². The standard InChI is InChI=1S/C16H20ClN3O/c1-3-20(4-2)10-9-18-16(21)14-11-19-15(17)13-8-6-5-7-12(13)14/h5-8,11H,3-4,9-10H2,1-2H3,(H,18,21). The van der Waals surface area contributed by atoms with E-state index >= 15 is 0 Å². The molecule has 0 fully saturated rings. The number of hydrogen-bond acceptors (Lipinski definition) is 3. The number of amides is 1. The minimum absolute atomic E-state index is 0.109. The fraction of sp³-hybridized carbons (Fsp3) is 0.375. The third-order valence-electron chi connectivity index (χ3n) is 3.60. The average molecular weight is 306 g/mol. The van der Waals surface area contributed by atoms with E-state index in [0.29, 0.717) is 17.3 Å². The maximum atomic E-state index is 12.3. The molecule has 0 saturated heterocycles. The van der Waals surface area contributed by atoms with Crippen molar-refractivity contribution in [3.05, 3.63) is 41.2 Å². The highest BCUT2D eigenvalue weighted by Gasteiger charge is 2.12. The number of carbonyl (C=O) groups excluding carboxylic acids is 1. The van der Waals surface area contributed by atoms with Crippen LogP contribution in [0.5, 0.6) is 0 Å². The van der Waals surface area contributed by atoms with E-state index in [0.717, 1.165) is 30.4 Å². The summed E-state index contributed by atoms with van der Waals surface area (Å²) in [7, 11) is 0. The van der Waals surface area contributed by atoms with Gasteiger partial charge in [0.05, 0.1) is 5.56 Å². The first-order valence-corrected chi connectivity index (χ1v) is 7.59. The molecule has 0 saturated carbocycles. The Labute approximate surface area is 130 Å². The van der Waals surface area contributed by atoms with E-state index in [9.17, 15) is 4.79 Å². The predicted octanol–water partition coefficient (Wildman–Crippen LogP) is 2.96. The second kappa shape index (κ2) is 7.38. The van der Waals surface area contributed by atoms with Gasteiger partial charge in [-0.15, -0.1) is 0 Å². The number of fused-ring (bicyclic) bond motifs is 1. The Morgan fingerprint density at radius 1 is 1.24 bits per heavy atom. The Morgan fingerprint density at radius 2 is 1.90 bits per heavy atom. The van der Waals surface area contributed by atoms with Crippen LogP contribution in [0.25, 0.3) is 10.8 Å². The molecule has 0 spiro atoms. The molecule has 2 rings (SSSR count). The van der Waals surface area contributed by atoms with Crippen molar-refractivity contribution in [2.75, 3.05) is 26.2 Å². The summed E-state index contributed by atoms with van der Waals surface area (Å²) in [6.45, 7) is 7.66. The molecule has 0 atom stereocenters. The largest absolute Gasteiger partial charge is 0.351 e. The van der Waals surface area contributed by atoms with E-state index in [1.807, 2.05) is 24.3 Å². The molecule has 1 aromatic heterocycles. The number of nitrogens with zero attached hydrogens (tertiary/aromatic N) is 2. The molecule has 1 heterocycles. The van der Waals surface area contributed by atoms with Crippen LogP contribution in [0.1, 0.15) is 24.2 Å². The molecule has 0 aliphatic rings. The minimum Gasteiger partial charge on any atom is -0.351 e. The van der Waals surface area contributed by atoms with Crippen LogP contribution in [0.15, 0.2) is 30.5 Å². The second-order valence-electron chi connectivity index (χ2n) is 4.79. The van der Waals surface area contributed by atoms with Gasteiger partial charge in [-0.1, -0.05) is 49.7 Å². The lowest BCUT2D eigenvalue weighted by atomic mass is 10.1. The summed E-state index contributed by atoms with van der Waals surface area (Å²) < 4.78 is 0. The summed E-state index contributed by atoms with van der Waals surface area (Å²) in [6.07, 6.45) is 1.54. The zero-order chi connectivity index (χ0) is 15.2. The van der Waals surface area contributed by atoms with Crippen LogP contribution in [-0.2, 0) is 0 Å². The molecule has 5 heteroatoms. The van der Waals surface area contributed by atoms with E-state index in [1.54, 1.807) is 0 Å². The summed E-state index contributed by atoms with van der Waals surface area (Å²) >= 11 is 6.07. The monoisotopic (exact) mass is 305 g/mol. The van der Waals surface area contributed by atoms with E-state index in [1.165, 1.54) is 6.20 Å². The first kappa shape index (κ1) is 15.7. The van der Waals surface area contributed by atoms with Crippen LogP contribution < -0.4 is 5.32 Å². The van der Waals surface area contributed by atoms with Crippen molar-refractivity contribution < 1.29 is 4.79 Å². The maximum Gasteiger partial charge on any atom is 0.253 e. The molecule has 1 aromatic carbocycles. The molecule has 21 heavy (non-hydrogen) atoms. The molecule has 0 radical (unpaired) electrons. The highest BCUT2D eigenvalue weighted by atomic mass is 35.5. The Morgan fingerprint density at radius 3 is 2.57 bits per heavy atom. The molecule has 0 bridgehead atoms. The molecule has 1 amide bonds. The highest BCUT2D eigenvalue weighted by Crippen LogP contribution is 2.23. The Bertz CT molecular complexity index is 626. The molecule has 0 aliphatic heterocycles. The van der Waals surface area contributed by atoms with Crippen molar-refractivity contribution in [2.45, 2.75) is 13.8 Å². The molecule has 2 aromatic rings. The van der Waals surface area contributed by atoms with E-state index in [-0.39, 0.29) is 5.91 Å². The zero-order valence-electron chi connectivity index (χ0n) is 12.4. The fourth-order valence-electron chi connectivity index (χ4n) is 2.30. The van der Waals surface area contributed by atoms with Gasteiger partial charge >= 0.3 is 0 Å². The molecule has 4 nitrogen and oxygen atoms in total. The summed E-state index contributed by atoms with van der Waals surface area (Å²) in [5.74, 6) is -0.109. The van der Waals surface area contributed by atoms with E-state index in [4.69, 9.17) is 11.6 Å². The molecule has 112 valence electrons. The van der Waals surface area contributed by atoms with Gasteiger partial charge in [-0.05, 0) is 18.5 Å². The lowest BCUT2D eigenvalue weighted by molar-refractivity contribution is 0.0950. The summed E-state index contributed by atoms with van der Waals surface area (Å²) in [5, 5.41) is 5.00. The number of likely N-dealkylation sites (N-methyl/N-ethyl adjacent to an activating group) is 1. The number of hydrogen-bond donors (Lipinski definition) is 1. The number of benzene rings is 1. The Hall–Kier alpha value is -1.65. The van der Waals surface area contributed by atoms with Gasteiger partial charge in [-0.2, -0.15) is 0 Å². The normalized spacial score (nSPS) is 11.0. The number of carbonyl (C=O) groups is 1. The van der Waals surface area contributed by atoms with Crippen molar-refractivity contribution in [2.24, 2.45) is 0 Å². The number of rotatable bonds is 6. The smallest absolute Gasteiger partial charge is 0.253 e. The van der Waals surface area contributed by atoms with Gasteiger partial charge in [0.15, 0.2) is 0 Å². The molecular formula is C16H20ClN3O. The number of pyridine rings is 1. The first-order chi connectivity index (χ1) is 10.2. The topological polar surface area (TPSA) is 45.2 Å². The van der Waals surface area contributed by atoms with Crippen LogP contribution in [0.2, 0.25) is 5.15 Å². The lowest BCUT2D eigenvalue weighted by Gasteiger charge is -2.18. The van der Waals surface area contributed by atoms with Crippen molar-refractivity contribution >= 4 is 28.3 Å². The SMILES string of the molecule is CCN(CC)CCNC(=O)c1cnc(Cl)c2ccccc12. The van der Waals surface area contributed by atoms with Crippen LogP contribution in [0.4, 0.5) is 0 Å². The fourth-order valence-corrected chi connectivity index (χ4v) is 2.52. The second-order valence-corrected chi connectivity index (χ2v) is 5.15. The third kappa shape index (κ3) is 3.71. The molecular weight excluding hydrogens is 286 g/mol. The van der Waals surface area contributed by atoms with Gasteiger partial charge < -0.3 is 10.2 Å². The van der Waals surface area contributed by atoms with Gasteiger partial charge in [0.25, 0.3) is 5.91 Å². The van der Waals surface area contributed by atoms with Crippen LogP contribution in [-0.4, -0.2) is 42.0 Å². The predicted molar refractivity (Wildman–Crippen MR) is 86.9 cm³/mol. The number of nitrogens with one attached hydrogen (secondary N) is 1. The van der Waals surface area contributed by atoms with Gasteiger partial charge in [0, 0.05) is 24.7 Å². The van der Waals surface area contributed by atoms with Crippen molar-refractivity contribution in [3.63, 3.8) is 0 Å². The number of halogens is 1. The minimum atomic E-state index is -0.109. The quantitative estimate of drug-likeness (QED) is 0.835. The zero-order valence-corrected chi connectivity index (χ0v) is 13.2. The summed E-state index contributed by atoms with van der Waals surface area (Å²) in [5.41, 5.74) is 0.564. The highest BCUT2D eigenvalue weighted by molar-refractivity contribution is 6.34. The first-order valence-electron chi connectivity index (χ1n) is 7.21. The summed E-state index contributed by atoms with van der Waals surface area (Å²) in [4.78, 5) is 18.7. The third-order valence-corrected chi connectivity index (χ3v) is 3.90. The lowest BCUT2D eigenvalue weighted by Crippen LogP contribution is -2.34. The average Bonchev–Trinajstić information content (AvgIpc) is 2.52.